The van der Waals surface area contributed by atoms with Gasteiger partial charge in [0.2, 0.25) is 6.79 Å². The highest BCUT2D eigenvalue weighted by Crippen LogP contribution is 2.32. The highest BCUT2D eigenvalue weighted by molar-refractivity contribution is 6.30. The summed E-state index contributed by atoms with van der Waals surface area (Å²) in [6.45, 7) is 0.567. The summed E-state index contributed by atoms with van der Waals surface area (Å²) in [5.74, 6) is 1.07. The molecule has 4 rings (SSSR count). The highest BCUT2D eigenvalue weighted by Gasteiger charge is 2.15. The van der Waals surface area contributed by atoms with Crippen molar-refractivity contribution in [3.63, 3.8) is 0 Å². The molecule has 0 atom stereocenters. The van der Waals surface area contributed by atoms with E-state index < -0.39 is 0 Å². The Kier molecular flexibility index (Phi) is 3.99. The van der Waals surface area contributed by atoms with E-state index in [1.54, 1.807) is 24.4 Å². The third-order valence-corrected chi connectivity index (χ3v) is 3.92. The Morgan fingerprint density at radius 3 is 2.96 bits per heavy atom. The van der Waals surface area contributed by atoms with Gasteiger partial charge >= 0.3 is 0 Å². The Hall–Kier alpha value is -3.06. The van der Waals surface area contributed by atoms with Crippen LogP contribution in [-0.2, 0) is 6.54 Å². The van der Waals surface area contributed by atoms with Crippen LogP contribution < -0.4 is 14.8 Å². The summed E-state index contributed by atoms with van der Waals surface area (Å²) < 4.78 is 12.1. The smallest absolute Gasteiger partial charge is 0.273 e. The molecule has 8 heteroatoms. The van der Waals surface area contributed by atoms with Gasteiger partial charge < -0.3 is 14.8 Å². The summed E-state index contributed by atoms with van der Waals surface area (Å²) in [5, 5.41) is 11.3. The number of aromatic nitrogens is 3. The van der Waals surface area contributed by atoms with Gasteiger partial charge in [-0.3, -0.25) is 4.79 Å². The van der Waals surface area contributed by atoms with Gasteiger partial charge in [-0.05, 0) is 35.9 Å². The van der Waals surface area contributed by atoms with Crippen LogP contribution in [0.1, 0.15) is 16.1 Å². The van der Waals surface area contributed by atoms with Crippen LogP contribution in [0.25, 0.3) is 5.69 Å². The number of benzene rings is 2. The molecule has 3 aromatic rings. The van der Waals surface area contributed by atoms with E-state index in [-0.39, 0.29) is 18.4 Å². The lowest BCUT2D eigenvalue weighted by Gasteiger charge is -2.04. The van der Waals surface area contributed by atoms with Crippen molar-refractivity contribution < 1.29 is 14.3 Å². The molecular weight excluding hydrogens is 344 g/mol. The maximum atomic E-state index is 12.3. The fraction of sp³-hybridized carbons (Fsp3) is 0.118. The summed E-state index contributed by atoms with van der Waals surface area (Å²) in [7, 11) is 0. The van der Waals surface area contributed by atoms with Crippen LogP contribution in [0.2, 0.25) is 5.02 Å². The van der Waals surface area contributed by atoms with E-state index in [9.17, 15) is 4.79 Å². The second-order valence-electron chi connectivity index (χ2n) is 5.40. The molecule has 1 aromatic heterocycles. The summed E-state index contributed by atoms with van der Waals surface area (Å²) in [6, 6.07) is 12.7. The van der Waals surface area contributed by atoms with Crippen LogP contribution in [0, 0.1) is 0 Å². The van der Waals surface area contributed by atoms with Gasteiger partial charge in [0.05, 0.1) is 11.9 Å². The van der Waals surface area contributed by atoms with Crippen LogP contribution in [0.5, 0.6) is 11.5 Å². The van der Waals surface area contributed by atoms with E-state index in [0.29, 0.717) is 23.1 Å². The first kappa shape index (κ1) is 15.5. The van der Waals surface area contributed by atoms with Crippen molar-refractivity contribution in [3.05, 3.63) is 64.9 Å². The van der Waals surface area contributed by atoms with Gasteiger partial charge in [-0.15, -0.1) is 5.10 Å². The van der Waals surface area contributed by atoms with Gasteiger partial charge in [0.15, 0.2) is 17.2 Å². The number of ether oxygens (including phenoxy) is 2. The molecule has 0 radical (unpaired) electrons. The number of hydrogen-bond acceptors (Lipinski definition) is 5. The Balaban J connectivity index is 1.43. The van der Waals surface area contributed by atoms with Crippen molar-refractivity contribution in [1.29, 1.82) is 0 Å². The molecule has 0 aliphatic carbocycles. The number of hydrogen-bond donors (Lipinski definition) is 1. The molecule has 2 aromatic carbocycles. The molecule has 1 N–H and O–H groups in total. The lowest BCUT2D eigenvalue weighted by Crippen LogP contribution is -2.23. The monoisotopic (exact) mass is 356 g/mol. The van der Waals surface area contributed by atoms with E-state index in [0.717, 1.165) is 11.3 Å². The summed E-state index contributed by atoms with van der Waals surface area (Å²) in [6.07, 6.45) is 1.56. The Morgan fingerprint density at radius 1 is 1.20 bits per heavy atom. The topological polar surface area (TPSA) is 78.3 Å². The predicted octanol–water partition coefficient (Wildman–Crippen LogP) is 2.58. The van der Waals surface area contributed by atoms with Gasteiger partial charge in [0.25, 0.3) is 5.91 Å². The zero-order valence-electron chi connectivity index (χ0n) is 13.0. The third kappa shape index (κ3) is 3.27. The summed E-state index contributed by atoms with van der Waals surface area (Å²) in [5.41, 5.74) is 1.86. The number of amides is 1. The maximum absolute atomic E-state index is 12.3. The molecule has 0 bridgehead atoms. The molecule has 0 fully saturated rings. The maximum Gasteiger partial charge on any atom is 0.273 e. The van der Waals surface area contributed by atoms with Crippen molar-refractivity contribution in [2.45, 2.75) is 6.54 Å². The zero-order valence-corrected chi connectivity index (χ0v) is 13.7. The lowest BCUT2D eigenvalue weighted by molar-refractivity contribution is 0.0945. The minimum absolute atomic E-state index is 0.220. The number of nitrogens with zero attached hydrogens (tertiary/aromatic N) is 3. The Morgan fingerprint density at radius 2 is 2.08 bits per heavy atom. The average molecular weight is 357 g/mol. The van der Waals surface area contributed by atoms with Crippen LogP contribution in [-0.4, -0.2) is 27.7 Å². The molecule has 1 aliphatic rings. The normalized spacial score (nSPS) is 12.2. The first-order valence-corrected chi connectivity index (χ1v) is 7.92. The van der Waals surface area contributed by atoms with Gasteiger partial charge in [0, 0.05) is 11.6 Å². The zero-order chi connectivity index (χ0) is 17.2. The molecular formula is C17H13ClN4O3. The second-order valence-corrected chi connectivity index (χ2v) is 5.83. The molecule has 7 nitrogen and oxygen atoms in total. The Bertz CT molecular complexity index is 941. The molecule has 126 valence electrons. The lowest BCUT2D eigenvalue weighted by atomic mass is 10.2. The molecule has 25 heavy (non-hydrogen) atoms. The first-order chi connectivity index (χ1) is 12.2. The Labute approximate surface area is 148 Å². The molecule has 0 saturated heterocycles. The van der Waals surface area contributed by atoms with Crippen LogP contribution >= 0.6 is 11.6 Å². The summed E-state index contributed by atoms with van der Waals surface area (Å²) >= 11 is 5.96. The summed E-state index contributed by atoms with van der Waals surface area (Å²) in [4.78, 5) is 12.3. The van der Waals surface area contributed by atoms with Crippen molar-refractivity contribution in [3.8, 4) is 17.2 Å². The molecule has 0 unspecified atom stereocenters. The fourth-order valence-corrected chi connectivity index (χ4v) is 2.62. The largest absolute Gasteiger partial charge is 0.454 e. The van der Waals surface area contributed by atoms with E-state index >= 15 is 0 Å². The van der Waals surface area contributed by atoms with E-state index in [1.165, 1.54) is 4.68 Å². The van der Waals surface area contributed by atoms with Crippen LogP contribution in [0.4, 0.5) is 0 Å². The van der Waals surface area contributed by atoms with Crippen molar-refractivity contribution in [2.24, 2.45) is 0 Å². The quantitative estimate of drug-likeness (QED) is 0.777. The van der Waals surface area contributed by atoms with Crippen LogP contribution in [0.15, 0.2) is 48.7 Å². The third-order valence-electron chi connectivity index (χ3n) is 3.69. The number of halogens is 1. The minimum atomic E-state index is -0.314. The number of nitrogens with one attached hydrogen (secondary N) is 1. The van der Waals surface area contributed by atoms with Gasteiger partial charge in [-0.2, -0.15) is 0 Å². The SMILES string of the molecule is O=C(NCc1ccc2c(c1)OCO2)c1cn(-c2cccc(Cl)c2)nn1. The molecule has 1 amide bonds. The fourth-order valence-electron chi connectivity index (χ4n) is 2.44. The van der Waals surface area contributed by atoms with E-state index in [1.807, 2.05) is 24.3 Å². The number of rotatable bonds is 4. The molecule has 2 heterocycles. The molecule has 0 saturated carbocycles. The highest BCUT2D eigenvalue weighted by atomic mass is 35.5. The first-order valence-electron chi connectivity index (χ1n) is 7.54. The van der Waals surface area contributed by atoms with Crippen molar-refractivity contribution in [2.75, 3.05) is 6.79 Å². The minimum Gasteiger partial charge on any atom is -0.454 e. The predicted molar refractivity (Wildman–Crippen MR) is 90.1 cm³/mol. The number of carbonyl (C=O) groups excluding carboxylic acids is 1. The standard InChI is InChI=1S/C17H13ClN4O3/c18-12-2-1-3-13(7-12)22-9-14(20-21-22)17(23)19-8-11-4-5-15-16(6-11)25-10-24-15/h1-7,9H,8,10H2,(H,19,23). The molecule has 1 aliphatic heterocycles. The second kappa shape index (κ2) is 6.45. The van der Waals surface area contributed by atoms with Crippen molar-refractivity contribution in [1.82, 2.24) is 20.3 Å². The van der Waals surface area contributed by atoms with Gasteiger partial charge in [0.1, 0.15) is 0 Å². The van der Waals surface area contributed by atoms with Gasteiger partial charge in [-0.1, -0.05) is 28.9 Å². The van der Waals surface area contributed by atoms with Crippen LogP contribution in [0.3, 0.4) is 0 Å². The molecule has 0 spiro atoms. The van der Waals surface area contributed by atoms with Crippen molar-refractivity contribution >= 4 is 17.5 Å². The number of carbonyl (C=O) groups is 1. The average Bonchev–Trinajstić information content (AvgIpc) is 3.28. The van der Waals surface area contributed by atoms with E-state index in [4.69, 9.17) is 21.1 Å². The van der Waals surface area contributed by atoms with E-state index in [2.05, 4.69) is 15.6 Å². The number of fused-ring (bicyclic) bond motifs is 1. The van der Waals surface area contributed by atoms with Gasteiger partial charge in [-0.25, -0.2) is 4.68 Å².